The molecule has 0 saturated carbocycles. The van der Waals surface area contributed by atoms with E-state index in [9.17, 15) is 18.0 Å². The monoisotopic (exact) mass is 443 g/mol. The molecule has 27 heavy (non-hydrogen) atoms. The number of halogens is 3. The van der Waals surface area contributed by atoms with Gasteiger partial charge in [-0.15, -0.1) is 0 Å². The maximum Gasteiger partial charge on any atom is 0.419 e. The van der Waals surface area contributed by atoms with Crippen LogP contribution in [0.5, 0.6) is 0 Å². The summed E-state index contributed by atoms with van der Waals surface area (Å²) in [5.41, 5.74) is -1.68. The molecule has 1 atom stereocenters. The Hall–Kier alpha value is -1.23. The second-order valence-corrected chi connectivity index (χ2v) is 7.28. The van der Waals surface area contributed by atoms with Crippen LogP contribution in [0, 0.1) is 0 Å². The van der Waals surface area contributed by atoms with Crippen molar-refractivity contribution in [2.75, 3.05) is 31.6 Å². The Morgan fingerprint density at radius 1 is 1.44 bits per heavy atom. The van der Waals surface area contributed by atoms with E-state index in [4.69, 9.17) is 22.1 Å². The summed E-state index contributed by atoms with van der Waals surface area (Å²) >= 11 is 4.84. The van der Waals surface area contributed by atoms with Crippen LogP contribution in [-0.4, -0.2) is 53.9 Å². The Kier molecular flexibility index (Phi) is 8.21. The summed E-state index contributed by atoms with van der Waals surface area (Å²) in [6.07, 6.45) is -4.79. The number of hydrogen-bond donors (Lipinski definition) is 1. The van der Waals surface area contributed by atoms with Crippen molar-refractivity contribution in [3.05, 3.63) is 17.8 Å². The molecule has 1 N–H and O–H groups in total. The van der Waals surface area contributed by atoms with Crippen molar-refractivity contribution in [3.8, 4) is 0 Å². The number of anilines is 1. The molecule has 2 heterocycles. The number of aromatic nitrogens is 1. The van der Waals surface area contributed by atoms with Gasteiger partial charge in [0.25, 0.3) is 0 Å². The van der Waals surface area contributed by atoms with Crippen LogP contribution in [0.2, 0.25) is 0 Å². The molecule has 0 aliphatic carbocycles. The van der Waals surface area contributed by atoms with Crippen LogP contribution in [0.1, 0.15) is 26.3 Å². The number of hydrogen-bond acceptors (Lipinski definition) is 6. The zero-order valence-corrected chi connectivity index (χ0v) is 17.4. The fourth-order valence-corrected chi connectivity index (χ4v) is 2.54. The van der Waals surface area contributed by atoms with Crippen molar-refractivity contribution in [1.82, 2.24) is 9.88 Å². The van der Waals surface area contributed by atoms with Gasteiger partial charge in [0.05, 0.1) is 24.8 Å². The summed E-state index contributed by atoms with van der Waals surface area (Å²) in [5.74, 6) is 0. The third-order valence-corrected chi connectivity index (χ3v) is 3.72. The van der Waals surface area contributed by atoms with Crippen molar-refractivity contribution < 1.29 is 46.0 Å². The van der Waals surface area contributed by atoms with E-state index in [1.807, 2.05) is 0 Å². The number of ether oxygens (including phenoxy) is 2. The quantitative estimate of drug-likeness (QED) is 0.725. The smallest absolute Gasteiger partial charge is 0.419 e. The molecule has 1 amide bonds. The molecular weight excluding hydrogens is 422 g/mol. The van der Waals surface area contributed by atoms with Crippen LogP contribution >= 0.6 is 0 Å². The van der Waals surface area contributed by atoms with E-state index in [0.29, 0.717) is 12.7 Å². The van der Waals surface area contributed by atoms with E-state index in [1.54, 1.807) is 20.8 Å². The van der Waals surface area contributed by atoms with Crippen molar-refractivity contribution >= 4 is 24.4 Å². The predicted octanol–water partition coefficient (Wildman–Crippen LogP) is 3.05. The molecule has 151 valence electrons. The van der Waals surface area contributed by atoms with Crippen molar-refractivity contribution in [3.63, 3.8) is 0 Å². The normalized spacial score (nSPS) is 17.9. The minimum absolute atomic E-state index is 0. The van der Waals surface area contributed by atoms with Crippen LogP contribution in [-0.2, 0) is 46.8 Å². The average Bonchev–Trinajstić information content (AvgIpc) is 2.50. The molecular formula is C16H21F3N3O3SV-. The van der Waals surface area contributed by atoms with Gasteiger partial charge in [-0.1, -0.05) is 5.03 Å². The molecule has 11 heteroatoms. The predicted molar refractivity (Wildman–Crippen MR) is 90.9 cm³/mol. The summed E-state index contributed by atoms with van der Waals surface area (Å²) in [4.78, 5) is 17.1. The first-order chi connectivity index (χ1) is 12.0. The molecule has 0 aromatic carbocycles. The maximum absolute atomic E-state index is 13.1. The van der Waals surface area contributed by atoms with Gasteiger partial charge in [0.15, 0.2) is 0 Å². The molecule has 6 nitrogen and oxygen atoms in total. The van der Waals surface area contributed by atoms with Gasteiger partial charge in [0, 0.05) is 43.5 Å². The van der Waals surface area contributed by atoms with Crippen LogP contribution < -0.4 is 5.32 Å². The van der Waals surface area contributed by atoms with Gasteiger partial charge in [-0.05, 0) is 26.8 Å². The number of rotatable bonds is 3. The van der Waals surface area contributed by atoms with Gasteiger partial charge in [-0.25, -0.2) is 4.79 Å². The topological polar surface area (TPSA) is 63.7 Å². The summed E-state index contributed by atoms with van der Waals surface area (Å²) < 4.78 is 50.0. The van der Waals surface area contributed by atoms with E-state index < -0.39 is 29.5 Å². The minimum Gasteiger partial charge on any atom is -0.760 e. The Bertz CT molecular complexity index is 656. The van der Waals surface area contributed by atoms with E-state index in [0.717, 1.165) is 6.07 Å². The van der Waals surface area contributed by atoms with E-state index >= 15 is 0 Å². The van der Waals surface area contributed by atoms with Crippen LogP contribution in [0.4, 0.5) is 23.7 Å². The first-order valence-corrected chi connectivity index (χ1v) is 8.44. The summed E-state index contributed by atoms with van der Waals surface area (Å²) in [7, 11) is 0. The van der Waals surface area contributed by atoms with Crippen molar-refractivity contribution in [2.24, 2.45) is 0 Å². The molecule has 1 aliphatic rings. The molecule has 1 saturated heterocycles. The number of carbonyl (C=O) groups excluding carboxylic acids is 1. The van der Waals surface area contributed by atoms with Crippen molar-refractivity contribution in [2.45, 2.75) is 43.7 Å². The van der Waals surface area contributed by atoms with Gasteiger partial charge in [0.1, 0.15) is 5.60 Å². The number of carbonyl (C=O) groups is 1. The molecule has 0 bridgehead atoms. The summed E-state index contributed by atoms with van der Waals surface area (Å²) in [6.45, 7) is 6.23. The van der Waals surface area contributed by atoms with E-state index in [1.165, 1.54) is 4.90 Å². The number of pyridine rings is 1. The first-order valence-electron chi connectivity index (χ1n) is 8.03. The van der Waals surface area contributed by atoms with Crippen molar-refractivity contribution in [1.29, 1.82) is 0 Å². The molecule has 1 fully saturated rings. The Labute approximate surface area is 173 Å². The molecule has 1 unspecified atom stereocenters. The SMILES string of the molecule is CC(C)(C)OC(=O)N1CCOC(CNc2cc([S-])ncc2C(F)(F)F)C1.[V]. The van der Waals surface area contributed by atoms with Gasteiger partial charge in [0.2, 0.25) is 0 Å². The largest absolute Gasteiger partial charge is 0.760 e. The third-order valence-electron chi connectivity index (χ3n) is 3.49. The standard InChI is InChI=1S/C16H22F3N3O3S.V/c1-15(2,3)25-14(23)22-4-5-24-10(9-22)7-20-12-6-13(26)21-8-11(12)16(17,18)19;/h6,8,10H,4-5,7,9H2,1-3H3,(H2,20,21,26);/p-1. The third kappa shape index (κ3) is 7.36. The summed E-state index contributed by atoms with van der Waals surface area (Å²) in [5, 5.41) is 2.76. The molecule has 1 aromatic rings. The maximum atomic E-state index is 13.1. The minimum atomic E-state index is -4.55. The second-order valence-electron chi connectivity index (χ2n) is 6.87. The average molecular weight is 443 g/mol. The Morgan fingerprint density at radius 3 is 2.70 bits per heavy atom. The molecule has 1 aliphatic heterocycles. The first kappa shape index (κ1) is 23.8. The molecule has 0 spiro atoms. The van der Waals surface area contributed by atoms with Gasteiger partial charge >= 0.3 is 12.3 Å². The second kappa shape index (κ2) is 9.31. The fraction of sp³-hybridized carbons (Fsp3) is 0.625. The van der Waals surface area contributed by atoms with Crippen LogP contribution in [0.25, 0.3) is 0 Å². The Morgan fingerprint density at radius 2 is 2.11 bits per heavy atom. The molecule has 1 radical (unpaired) electrons. The zero-order chi connectivity index (χ0) is 19.5. The fourth-order valence-electron chi connectivity index (χ4n) is 2.37. The van der Waals surface area contributed by atoms with Crippen LogP contribution in [0.15, 0.2) is 17.3 Å². The zero-order valence-electron chi connectivity index (χ0n) is 15.2. The van der Waals surface area contributed by atoms with Crippen LogP contribution in [0.3, 0.4) is 0 Å². The number of nitrogens with one attached hydrogen (secondary N) is 1. The molecule has 2 rings (SSSR count). The number of amides is 1. The summed E-state index contributed by atoms with van der Waals surface area (Å²) in [6, 6.07) is 1.16. The number of nitrogens with zero attached hydrogens (tertiary/aromatic N) is 2. The van der Waals surface area contributed by atoms with Gasteiger partial charge in [-0.2, -0.15) is 13.2 Å². The Balaban J connectivity index is 0.00000364. The number of alkyl halides is 3. The van der Waals surface area contributed by atoms with E-state index in [2.05, 4.69) is 10.3 Å². The molecule has 1 aromatic heterocycles. The van der Waals surface area contributed by atoms with Gasteiger partial charge < -0.3 is 32.3 Å². The number of morpholine rings is 1. The van der Waals surface area contributed by atoms with Gasteiger partial charge in [-0.3, -0.25) is 4.98 Å². The van der Waals surface area contributed by atoms with E-state index in [-0.39, 0.29) is 49.0 Å².